The molecule has 9 nitrogen and oxygen atoms in total. The molecule has 1 aliphatic rings. The number of carbonyl (C=O) groups excluding carboxylic acids is 3. The van der Waals surface area contributed by atoms with Crippen molar-refractivity contribution in [1.29, 1.82) is 0 Å². The van der Waals surface area contributed by atoms with Crippen molar-refractivity contribution in [1.82, 2.24) is 9.21 Å². The number of hydrogen-bond donors (Lipinski definition) is 1. The van der Waals surface area contributed by atoms with Gasteiger partial charge in [-0.25, -0.2) is 12.7 Å². The summed E-state index contributed by atoms with van der Waals surface area (Å²) in [4.78, 5) is 39.5. The van der Waals surface area contributed by atoms with Gasteiger partial charge in [0.05, 0.1) is 35.7 Å². The van der Waals surface area contributed by atoms with E-state index in [1.807, 2.05) is 0 Å². The molecule has 0 radical (unpaired) electrons. The molecule has 0 aromatic heterocycles. The van der Waals surface area contributed by atoms with Crippen molar-refractivity contribution in [3.8, 4) is 5.75 Å². The standard InChI is InChI=1S/C24H26Cl2N2O7S/c1-27(9-10-29)24(32)20-13-19(6-7-21(20)26)36(33,34)28-14-18(30)5-3-15(23(28)31)11-16-12-17(25)4-8-22(16)35-2/h4,6-8,12-13,15,29H,3,5,9-11,14H2,1-2H3. The van der Waals surface area contributed by atoms with E-state index in [9.17, 15) is 22.8 Å². The van der Waals surface area contributed by atoms with Crippen LogP contribution in [0.25, 0.3) is 0 Å². The maximum absolute atomic E-state index is 13.6. The minimum Gasteiger partial charge on any atom is -0.496 e. The van der Waals surface area contributed by atoms with Gasteiger partial charge >= 0.3 is 0 Å². The van der Waals surface area contributed by atoms with Gasteiger partial charge in [-0.05, 0) is 54.8 Å². The highest BCUT2D eigenvalue weighted by Gasteiger charge is 2.38. The summed E-state index contributed by atoms with van der Waals surface area (Å²) < 4.78 is 33.0. The quantitative estimate of drug-likeness (QED) is 0.530. The number of sulfonamides is 1. The Hall–Kier alpha value is -2.66. The third-order valence-corrected chi connectivity index (χ3v) is 8.24. The lowest BCUT2D eigenvalue weighted by molar-refractivity contribution is -0.131. The van der Waals surface area contributed by atoms with Crippen LogP contribution in [0, 0.1) is 5.92 Å². The smallest absolute Gasteiger partial charge is 0.266 e. The lowest BCUT2D eigenvalue weighted by atomic mass is 9.93. The summed E-state index contributed by atoms with van der Waals surface area (Å²) in [5.41, 5.74) is 0.504. The van der Waals surface area contributed by atoms with Crippen molar-refractivity contribution in [2.75, 3.05) is 33.9 Å². The van der Waals surface area contributed by atoms with Gasteiger partial charge in [0.1, 0.15) is 5.75 Å². The van der Waals surface area contributed by atoms with Crippen molar-refractivity contribution >= 4 is 50.8 Å². The normalized spacial score (nSPS) is 16.6. The lowest BCUT2D eigenvalue weighted by Gasteiger charge is -2.24. The summed E-state index contributed by atoms with van der Waals surface area (Å²) in [6.07, 6.45) is 0.315. The second-order valence-corrected chi connectivity index (χ2v) is 11.1. The van der Waals surface area contributed by atoms with Crippen molar-refractivity contribution in [2.45, 2.75) is 24.2 Å². The zero-order valence-corrected chi connectivity index (χ0v) is 22.1. The number of benzene rings is 2. The molecule has 1 saturated heterocycles. The van der Waals surface area contributed by atoms with E-state index in [0.29, 0.717) is 20.6 Å². The zero-order valence-electron chi connectivity index (χ0n) is 19.7. The van der Waals surface area contributed by atoms with E-state index < -0.39 is 40.1 Å². The molecule has 2 amide bonds. The summed E-state index contributed by atoms with van der Waals surface area (Å²) in [6.45, 7) is -0.887. The van der Waals surface area contributed by atoms with Gasteiger partial charge < -0.3 is 14.7 Å². The third kappa shape index (κ3) is 6.00. The molecule has 0 bridgehead atoms. The predicted octanol–water partition coefficient (Wildman–Crippen LogP) is 2.81. The minimum absolute atomic E-state index is 0.00735. The van der Waals surface area contributed by atoms with Gasteiger partial charge in [-0.1, -0.05) is 23.2 Å². The summed E-state index contributed by atoms with van der Waals surface area (Å²) >= 11 is 12.2. The van der Waals surface area contributed by atoms with Crippen molar-refractivity contribution in [3.63, 3.8) is 0 Å². The Kier molecular flexibility index (Phi) is 8.99. The van der Waals surface area contributed by atoms with Gasteiger partial charge in [0.25, 0.3) is 15.9 Å². The molecule has 1 N–H and O–H groups in total. The van der Waals surface area contributed by atoms with Crippen molar-refractivity contribution in [3.05, 3.63) is 57.6 Å². The molecule has 12 heteroatoms. The van der Waals surface area contributed by atoms with Crippen LogP contribution in [0.15, 0.2) is 41.3 Å². The van der Waals surface area contributed by atoms with Crippen LogP contribution < -0.4 is 4.74 Å². The SMILES string of the molecule is COc1ccc(Cl)cc1CC1CCC(=O)CN(S(=O)(=O)c2ccc(Cl)c(C(=O)N(C)CCO)c2)C1=O. The Labute approximate surface area is 219 Å². The molecule has 0 saturated carbocycles. The van der Waals surface area contributed by atoms with Crippen LogP contribution >= 0.6 is 23.2 Å². The lowest BCUT2D eigenvalue weighted by Crippen LogP contribution is -2.42. The first-order valence-corrected chi connectivity index (χ1v) is 13.3. The Morgan fingerprint density at radius 1 is 1.19 bits per heavy atom. The van der Waals surface area contributed by atoms with Crippen LogP contribution in [0.1, 0.15) is 28.8 Å². The monoisotopic (exact) mass is 556 g/mol. The molecule has 2 aromatic carbocycles. The van der Waals surface area contributed by atoms with E-state index in [1.54, 1.807) is 18.2 Å². The summed E-state index contributed by atoms with van der Waals surface area (Å²) in [6, 6.07) is 8.42. The average Bonchev–Trinajstić information content (AvgIpc) is 2.98. The number of likely N-dealkylation sites (N-methyl/N-ethyl adjacent to an activating group) is 1. The van der Waals surface area contributed by atoms with Crippen LogP contribution in [-0.4, -0.2) is 74.2 Å². The molecule has 1 atom stereocenters. The van der Waals surface area contributed by atoms with Crippen LogP contribution in [-0.2, 0) is 26.0 Å². The molecule has 194 valence electrons. The van der Waals surface area contributed by atoms with Crippen LogP contribution in [0.3, 0.4) is 0 Å². The van der Waals surface area contributed by atoms with Gasteiger partial charge in [-0.2, -0.15) is 0 Å². The first-order chi connectivity index (χ1) is 17.0. The average molecular weight is 557 g/mol. The third-order valence-electron chi connectivity index (χ3n) is 5.93. The van der Waals surface area contributed by atoms with Crippen LogP contribution in [0.2, 0.25) is 10.0 Å². The highest BCUT2D eigenvalue weighted by Crippen LogP contribution is 2.31. The highest BCUT2D eigenvalue weighted by atomic mass is 35.5. The fourth-order valence-corrected chi connectivity index (χ4v) is 5.81. The molecule has 1 aliphatic heterocycles. The van der Waals surface area contributed by atoms with E-state index >= 15 is 0 Å². The van der Waals surface area contributed by atoms with E-state index in [-0.39, 0.29) is 47.9 Å². The molecule has 36 heavy (non-hydrogen) atoms. The van der Waals surface area contributed by atoms with Crippen molar-refractivity contribution < 1.29 is 32.6 Å². The largest absolute Gasteiger partial charge is 0.496 e. The second kappa shape index (κ2) is 11.6. The number of rotatable bonds is 8. The van der Waals surface area contributed by atoms with Crippen LogP contribution in [0.5, 0.6) is 5.75 Å². The number of carbonyl (C=O) groups is 3. The van der Waals surface area contributed by atoms with Crippen molar-refractivity contribution in [2.24, 2.45) is 5.92 Å². The first kappa shape index (κ1) is 27.9. The second-order valence-electron chi connectivity index (χ2n) is 8.38. The topological polar surface area (TPSA) is 121 Å². The molecule has 1 heterocycles. The van der Waals surface area contributed by atoms with Gasteiger partial charge in [0.2, 0.25) is 5.91 Å². The van der Waals surface area contributed by atoms with Gasteiger partial charge in [0, 0.05) is 31.0 Å². The Balaban J connectivity index is 1.98. The highest BCUT2D eigenvalue weighted by molar-refractivity contribution is 7.89. The molecule has 1 unspecified atom stereocenters. The number of ketones is 1. The number of nitrogens with zero attached hydrogens (tertiary/aromatic N) is 2. The zero-order chi connectivity index (χ0) is 26.6. The number of aliphatic hydroxyl groups excluding tert-OH is 1. The summed E-state index contributed by atoms with van der Waals surface area (Å²) in [5, 5.41) is 9.54. The van der Waals surface area contributed by atoms with E-state index in [1.165, 1.54) is 31.2 Å². The molecular weight excluding hydrogens is 531 g/mol. The maximum atomic E-state index is 13.6. The summed E-state index contributed by atoms with van der Waals surface area (Å²) in [7, 11) is -1.60. The first-order valence-electron chi connectivity index (χ1n) is 11.1. The molecule has 0 aliphatic carbocycles. The fraction of sp³-hybridized carbons (Fsp3) is 0.375. The van der Waals surface area contributed by atoms with E-state index in [0.717, 1.165) is 6.07 Å². The number of Topliss-reactive ketones (excluding diaryl/α,β-unsaturated/α-hetero) is 1. The number of halogens is 2. The number of amides is 2. The number of hydrogen-bond acceptors (Lipinski definition) is 7. The molecule has 2 aromatic rings. The van der Waals surface area contributed by atoms with Gasteiger partial charge in [-0.15, -0.1) is 0 Å². The van der Waals surface area contributed by atoms with Gasteiger partial charge in [0.15, 0.2) is 5.78 Å². The molecule has 0 spiro atoms. The Morgan fingerprint density at radius 3 is 2.58 bits per heavy atom. The number of ether oxygens (including phenoxy) is 1. The van der Waals surface area contributed by atoms with E-state index in [2.05, 4.69) is 0 Å². The number of methoxy groups -OCH3 is 1. The fourth-order valence-electron chi connectivity index (χ4n) is 3.96. The van der Waals surface area contributed by atoms with Gasteiger partial charge in [-0.3, -0.25) is 14.4 Å². The van der Waals surface area contributed by atoms with E-state index in [4.69, 9.17) is 33.0 Å². The molecule has 1 fully saturated rings. The minimum atomic E-state index is -4.50. The molecular formula is C24H26Cl2N2O7S. The molecule has 3 rings (SSSR count). The summed E-state index contributed by atoms with van der Waals surface area (Å²) in [5.74, 6) is -2.06. The maximum Gasteiger partial charge on any atom is 0.266 e. The Morgan fingerprint density at radius 2 is 1.92 bits per heavy atom. The van der Waals surface area contributed by atoms with Crippen LogP contribution in [0.4, 0.5) is 0 Å². The Bertz CT molecular complexity index is 1280. The number of aliphatic hydroxyl groups is 1. The predicted molar refractivity (Wildman–Crippen MR) is 134 cm³/mol.